The van der Waals surface area contributed by atoms with E-state index in [0.29, 0.717) is 24.7 Å². The number of nitrogens with one attached hydrogen (secondary N) is 1. The fourth-order valence-electron chi connectivity index (χ4n) is 11.4. The standard InChI is InChI=1S/C21H25NO3.C18H21NO.K.H2O/c1-4-24-20(23)22-10-9-21-15-8-6-13(3)19(21)25-18-12(2)5-7-14(17(18)21)11-16(15)22;1-10-3-5-12-9-14-13-6-4-11(2)17-18(13,7-8-19-14)15(12)16(10)20-17;;/h5-7,15-16,19H,4,8-11H2,1-3H3;3-5,13-14,17,19H,6-9H2,1-2H3;;1H2/q;;+1;/p-1/t15?,16?,19-,21-;13?,14?,17-,18-;;/m00../s1. The third-order valence-electron chi connectivity index (χ3n) is 13.2. The number of carbonyl (C=O) groups is 1. The second-order valence-corrected chi connectivity index (χ2v) is 15.1. The summed E-state index contributed by atoms with van der Waals surface area (Å²) in [6.45, 7) is 13.0. The Hall–Kier alpha value is -1.65. The van der Waals surface area contributed by atoms with Crippen molar-refractivity contribution in [2.75, 3.05) is 19.7 Å². The molecule has 2 N–H and O–H groups in total. The predicted octanol–water partition coefficient (Wildman–Crippen LogP) is 3.45. The van der Waals surface area contributed by atoms with E-state index in [1.54, 1.807) is 5.56 Å². The second-order valence-electron chi connectivity index (χ2n) is 15.1. The molecule has 8 aliphatic rings. The number of amides is 1. The topological polar surface area (TPSA) is 90.0 Å². The number of ether oxygens (including phenoxy) is 3. The molecule has 8 atom stereocenters. The van der Waals surface area contributed by atoms with Gasteiger partial charge in [0.1, 0.15) is 23.7 Å². The van der Waals surface area contributed by atoms with Gasteiger partial charge >= 0.3 is 57.5 Å². The quantitative estimate of drug-likeness (QED) is 0.372. The summed E-state index contributed by atoms with van der Waals surface area (Å²) >= 11 is 0. The molecular formula is C39H47KN2O5. The maximum atomic E-state index is 12.6. The number of nitrogens with zero attached hydrogens (tertiary/aromatic N) is 1. The van der Waals surface area contributed by atoms with Crippen LogP contribution in [0.1, 0.15) is 79.8 Å². The maximum absolute atomic E-state index is 12.6. The van der Waals surface area contributed by atoms with Crippen LogP contribution >= 0.6 is 0 Å². The molecule has 2 aromatic carbocycles. The largest absolute Gasteiger partial charge is 1.00 e. The Bertz CT molecular complexity index is 1700. The number of rotatable bonds is 1. The molecule has 0 saturated carbocycles. The Morgan fingerprint density at radius 1 is 0.872 bits per heavy atom. The van der Waals surface area contributed by atoms with Gasteiger partial charge in [0.15, 0.2) is 0 Å². The van der Waals surface area contributed by atoms with Crippen LogP contribution in [0.3, 0.4) is 0 Å². The molecule has 8 heteroatoms. The molecule has 4 bridgehead atoms. The van der Waals surface area contributed by atoms with Crippen molar-refractivity contribution in [3.63, 3.8) is 0 Å². The smallest absolute Gasteiger partial charge is 0.870 e. The van der Waals surface area contributed by atoms with E-state index in [1.165, 1.54) is 64.0 Å². The molecule has 4 unspecified atom stereocenters. The molecule has 4 aliphatic heterocycles. The van der Waals surface area contributed by atoms with Crippen molar-refractivity contribution in [1.82, 2.24) is 10.2 Å². The first kappa shape index (κ1) is 33.8. The Morgan fingerprint density at radius 3 is 2.06 bits per heavy atom. The minimum atomic E-state index is -0.153. The van der Waals surface area contributed by atoms with Gasteiger partial charge in [-0.25, -0.2) is 4.79 Å². The van der Waals surface area contributed by atoms with Crippen LogP contribution in [-0.2, 0) is 28.4 Å². The molecule has 2 aromatic rings. The Kier molecular flexibility index (Phi) is 8.63. The monoisotopic (exact) mass is 662 g/mol. The van der Waals surface area contributed by atoms with Crippen LogP contribution in [0.5, 0.6) is 11.5 Å². The third-order valence-corrected chi connectivity index (χ3v) is 13.2. The van der Waals surface area contributed by atoms with E-state index in [0.717, 1.165) is 44.0 Å². The predicted molar refractivity (Wildman–Crippen MR) is 176 cm³/mol. The van der Waals surface area contributed by atoms with Gasteiger partial charge in [0.25, 0.3) is 0 Å². The number of hydrogen-bond acceptors (Lipinski definition) is 6. The summed E-state index contributed by atoms with van der Waals surface area (Å²) in [6, 6.07) is 9.88. The molecule has 2 fully saturated rings. The van der Waals surface area contributed by atoms with Gasteiger partial charge in [-0.05, 0) is 125 Å². The molecule has 0 radical (unpaired) electrons. The van der Waals surface area contributed by atoms with E-state index in [2.05, 4.69) is 69.4 Å². The minimum Gasteiger partial charge on any atom is -0.870 e. The van der Waals surface area contributed by atoms with Gasteiger partial charge in [0.2, 0.25) is 0 Å². The van der Waals surface area contributed by atoms with E-state index in [1.807, 2.05) is 11.8 Å². The van der Waals surface area contributed by atoms with E-state index < -0.39 is 0 Å². The van der Waals surface area contributed by atoms with Crippen molar-refractivity contribution < 1.29 is 75.9 Å². The Labute approximate surface area is 321 Å². The van der Waals surface area contributed by atoms with Gasteiger partial charge in [0.05, 0.1) is 6.61 Å². The summed E-state index contributed by atoms with van der Waals surface area (Å²) in [5.74, 6) is 3.48. The van der Waals surface area contributed by atoms with Crippen LogP contribution in [0.25, 0.3) is 0 Å². The second kappa shape index (κ2) is 12.0. The summed E-state index contributed by atoms with van der Waals surface area (Å²) in [4.78, 5) is 14.5. The average molecular weight is 663 g/mol. The van der Waals surface area contributed by atoms with Crippen LogP contribution in [0.4, 0.5) is 4.79 Å². The van der Waals surface area contributed by atoms with Crippen molar-refractivity contribution >= 4 is 6.09 Å². The fourth-order valence-corrected chi connectivity index (χ4v) is 11.4. The first-order chi connectivity index (χ1) is 21.8. The molecule has 0 aromatic heterocycles. The molecule has 2 spiro atoms. The van der Waals surface area contributed by atoms with Gasteiger partial charge in [-0.1, -0.05) is 36.4 Å². The fraction of sp³-hybridized carbons (Fsp3) is 0.564. The third kappa shape index (κ3) is 4.41. The first-order valence-electron chi connectivity index (χ1n) is 17.4. The summed E-state index contributed by atoms with van der Waals surface area (Å²) in [5.41, 5.74) is 11.6. The Morgan fingerprint density at radius 2 is 1.45 bits per heavy atom. The SMILES string of the molecule is CC1=CCC2C3Cc4ccc(C)c5c4[C@@]2(CCN3)[C@H]1O5.CCOC(=O)N1CC[C@]23c4c5ccc(C)c4O[C@H]2C(C)=CCC3C1C5.[K+].[OH-]. The van der Waals surface area contributed by atoms with Crippen molar-refractivity contribution in [3.05, 3.63) is 80.9 Å². The average Bonchev–Trinajstić information content (AvgIpc) is 3.56. The molecule has 10 rings (SSSR count). The maximum Gasteiger partial charge on any atom is 1.00 e. The molecule has 4 aliphatic carbocycles. The van der Waals surface area contributed by atoms with Crippen LogP contribution < -0.4 is 66.2 Å². The Balaban J connectivity index is 0.000000146. The van der Waals surface area contributed by atoms with E-state index in [9.17, 15) is 4.79 Å². The summed E-state index contributed by atoms with van der Waals surface area (Å²) in [6.07, 6.45) is 11.6. The number of aryl methyl sites for hydroxylation is 2. The number of carbonyl (C=O) groups excluding carboxylic acids is 1. The van der Waals surface area contributed by atoms with Gasteiger partial charge in [-0.3, -0.25) is 0 Å². The minimum absolute atomic E-state index is 0. The molecular weight excluding hydrogens is 616 g/mol. The number of likely N-dealkylation sites (tertiary alicyclic amines) is 1. The van der Waals surface area contributed by atoms with Crippen molar-refractivity contribution in [3.8, 4) is 11.5 Å². The van der Waals surface area contributed by atoms with E-state index in [-0.39, 0.29) is 85.9 Å². The van der Waals surface area contributed by atoms with Gasteiger partial charge < -0.3 is 29.9 Å². The summed E-state index contributed by atoms with van der Waals surface area (Å²) in [7, 11) is 0. The molecule has 2 saturated heterocycles. The van der Waals surface area contributed by atoms with Crippen LogP contribution in [0, 0.1) is 25.7 Å². The van der Waals surface area contributed by atoms with Gasteiger partial charge in [-0.15, -0.1) is 0 Å². The van der Waals surface area contributed by atoms with Crippen LogP contribution in [0.15, 0.2) is 47.6 Å². The zero-order chi connectivity index (χ0) is 30.8. The van der Waals surface area contributed by atoms with E-state index >= 15 is 0 Å². The number of piperidine rings is 2. The number of hydrogen-bond donors (Lipinski definition) is 1. The normalized spacial score (nSPS) is 35.1. The van der Waals surface area contributed by atoms with Crippen molar-refractivity contribution in [2.45, 2.75) is 108 Å². The zero-order valence-electron chi connectivity index (χ0n) is 28.8. The number of allylic oxidation sites excluding steroid dienone is 2. The van der Waals surface area contributed by atoms with Crippen LogP contribution in [0.2, 0.25) is 0 Å². The molecule has 47 heavy (non-hydrogen) atoms. The van der Waals surface area contributed by atoms with E-state index in [4.69, 9.17) is 14.2 Å². The summed E-state index contributed by atoms with van der Waals surface area (Å²) in [5, 5.41) is 3.77. The molecule has 1 amide bonds. The zero-order valence-corrected chi connectivity index (χ0v) is 31.9. The summed E-state index contributed by atoms with van der Waals surface area (Å²) < 4.78 is 18.4. The first-order valence-corrected chi connectivity index (χ1v) is 17.4. The molecule has 4 heterocycles. The van der Waals surface area contributed by atoms with Gasteiger partial charge in [0, 0.05) is 40.6 Å². The van der Waals surface area contributed by atoms with Gasteiger partial charge in [-0.2, -0.15) is 0 Å². The molecule has 7 nitrogen and oxygen atoms in total. The van der Waals surface area contributed by atoms with Crippen LogP contribution in [-0.4, -0.2) is 60.5 Å². The van der Waals surface area contributed by atoms with Crippen molar-refractivity contribution in [2.24, 2.45) is 11.8 Å². The van der Waals surface area contributed by atoms with Crippen molar-refractivity contribution in [1.29, 1.82) is 0 Å². The number of benzene rings is 2. The molecule has 244 valence electrons.